The zero-order valence-electron chi connectivity index (χ0n) is 13.8. The minimum atomic E-state index is -0.576. The van der Waals surface area contributed by atoms with E-state index < -0.39 is 6.10 Å². The van der Waals surface area contributed by atoms with Gasteiger partial charge >= 0.3 is 0 Å². The predicted octanol–water partition coefficient (Wildman–Crippen LogP) is 2.28. The van der Waals surface area contributed by atoms with Crippen molar-refractivity contribution in [1.29, 1.82) is 0 Å². The number of nitrogens with two attached hydrogens (primary N) is 1. The molecule has 0 bridgehead atoms. The average molecular weight is 350 g/mol. The Labute approximate surface area is 146 Å². The third-order valence-electron chi connectivity index (χ3n) is 5.00. The van der Waals surface area contributed by atoms with Crippen LogP contribution in [0.15, 0.2) is 18.2 Å². The van der Waals surface area contributed by atoms with Gasteiger partial charge in [-0.05, 0) is 56.4 Å². The standard InChI is InChI=1S/C18H24ClN3O2/c1-10-13(14-9-12(19)3-5-16(14)22-10)6-7-21-18(24)11-2-4-15(20)17(23)8-11/h3,5,9,11,15,17,22-23H,2,4,6-8,20H2,1H3,(H,21,24)/t11-,15+,17+/m0/s1. The Morgan fingerprint density at radius 3 is 3.00 bits per heavy atom. The number of carbonyl (C=O) groups is 1. The van der Waals surface area contributed by atoms with Gasteiger partial charge in [-0.2, -0.15) is 0 Å². The lowest BCUT2D eigenvalue weighted by molar-refractivity contribution is -0.127. The highest BCUT2D eigenvalue weighted by molar-refractivity contribution is 6.31. The number of fused-ring (bicyclic) bond motifs is 1. The zero-order valence-corrected chi connectivity index (χ0v) is 14.6. The molecule has 1 heterocycles. The van der Waals surface area contributed by atoms with E-state index >= 15 is 0 Å². The molecular formula is C18H24ClN3O2. The summed E-state index contributed by atoms with van der Waals surface area (Å²) in [5.41, 5.74) is 9.13. The predicted molar refractivity (Wildman–Crippen MR) is 96.1 cm³/mol. The first-order valence-electron chi connectivity index (χ1n) is 8.43. The number of benzene rings is 1. The second-order valence-electron chi connectivity index (χ2n) is 6.70. The molecule has 6 heteroatoms. The van der Waals surface area contributed by atoms with Crippen LogP contribution in [0.2, 0.25) is 5.02 Å². The number of amides is 1. The van der Waals surface area contributed by atoms with Gasteiger partial charge in [0.15, 0.2) is 0 Å². The first kappa shape index (κ1) is 17.3. The molecule has 1 aliphatic carbocycles. The quantitative estimate of drug-likeness (QED) is 0.682. The molecule has 1 aromatic heterocycles. The lowest BCUT2D eigenvalue weighted by atomic mass is 9.84. The smallest absolute Gasteiger partial charge is 0.223 e. The minimum absolute atomic E-state index is 0.0106. The zero-order chi connectivity index (χ0) is 17.3. The van der Waals surface area contributed by atoms with Gasteiger partial charge in [0.2, 0.25) is 5.91 Å². The number of nitrogens with one attached hydrogen (secondary N) is 2. The van der Waals surface area contributed by atoms with Gasteiger partial charge in [0, 0.05) is 40.1 Å². The number of rotatable bonds is 4. The first-order chi connectivity index (χ1) is 11.5. The van der Waals surface area contributed by atoms with Gasteiger partial charge in [-0.25, -0.2) is 0 Å². The van der Waals surface area contributed by atoms with E-state index in [0.717, 1.165) is 29.4 Å². The molecule has 1 saturated carbocycles. The first-order valence-corrected chi connectivity index (χ1v) is 8.81. The number of aliphatic hydroxyl groups excluding tert-OH is 1. The summed E-state index contributed by atoms with van der Waals surface area (Å²) in [6, 6.07) is 5.59. The van der Waals surface area contributed by atoms with Crippen molar-refractivity contribution in [3.05, 3.63) is 34.5 Å². The van der Waals surface area contributed by atoms with Crippen molar-refractivity contribution in [2.75, 3.05) is 6.54 Å². The number of halogens is 1. The minimum Gasteiger partial charge on any atom is -0.391 e. The van der Waals surface area contributed by atoms with E-state index in [-0.39, 0.29) is 17.9 Å². The number of aromatic nitrogens is 1. The lowest BCUT2D eigenvalue weighted by Gasteiger charge is -2.29. The monoisotopic (exact) mass is 349 g/mol. The molecule has 24 heavy (non-hydrogen) atoms. The second-order valence-corrected chi connectivity index (χ2v) is 7.14. The van der Waals surface area contributed by atoms with Crippen LogP contribution in [0.25, 0.3) is 10.9 Å². The number of aromatic amines is 1. The molecule has 1 aromatic carbocycles. The fourth-order valence-electron chi connectivity index (χ4n) is 3.54. The molecule has 2 aromatic rings. The molecule has 0 saturated heterocycles. The summed E-state index contributed by atoms with van der Waals surface area (Å²) in [4.78, 5) is 15.6. The maximum absolute atomic E-state index is 12.3. The van der Waals surface area contributed by atoms with Crippen molar-refractivity contribution in [2.24, 2.45) is 11.7 Å². The van der Waals surface area contributed by atoms with Crippen molar-refractivity contribution >= 4 is 28.4 Å². The van der Waals surface area contributed by atoms with Crippen molar-refractivity contribution in [2.45, 2.75) is 44.8 Å². The van der Waals surface area contributed by atoms with Crippen LogP contribution in [0.5, 0.6) is 0 Å². The Morgan fingerprint density at radius 1 is 1.46 bits per heavy atom. The maximum atomic E-state index is 12.3. The Morgan fingerprint density at radius 2 is 2.25 bits per heavy atom. The fourth-order valence-corrected chi connectivity index (χ4v) is 3.71. The molecule has 3 atom stereocenters. The van der Waals surface area contributed by atoms with Crippen LogP contribution in [0.4, 0.5) is 0 Å². The Bertz CT molecular complexity index is 743. The van der Waals surface area contributed by atoms with E-state index in [1.165, 1.54) is 5.56 Å². The number of carbonyl (C=O) groups excluding carboxylic acids is 1. The van der Waals surface area contributed by atoms with Gasteiger partial charge in [0.25, 0.3) is 0 Å². The number of aliphatic hydroxyl groups is 1. The highest BCUT2D eigenvalue weighted by Gasteiger charge is 2.30. The Balaban J connectivity index is 1.60. The van der Waals surface area contributed by atoms with Crippen LogP contribution in [-0.4, -0.2) is 34.7 Å². The van der Waals surface area contributed by atoms with E-state index in [2.05, 4.69) is 10.3 Å². The molecular weight excluding hydrogens is 326 g/mol. The van der Waals surface area contributed by atoms with Crippen molar-refractivity contribution in [3.63, 3.8) is 0 Å². The van der Waals surface area contributed by atoms with Crippen molar-refractivity contribution in [1.82, 2.24) is 10.3 Å². The highest BCUT2D eigenvalue weighted by atomic mass is 35.5. The highest BCUT2D eigenvalue weighted by Crippen LogP contribution is 2.26. The number of hydrogen-bond donors (Lipinski definition) is 4. The molecule has 0 aliphatic heterocycles. The van der Waals surface area contributed by atoms with Crippen LogP contribution < -0.4 is 11.1 Å². The molecule has 3 rings (SSSR count). The molecule has 0 spiro atoms. The Kier molecular flexibility index (Phi) is 5.13. The van der Waals surface area contributed by atoms with Gasteiger partial charge in [-0.1, -0.05) is 11.6 Å². The second kappa shape index (κ2) is 7.13. The van der Waals surface area contributed by atoms with Gasteiger partial charge in [-0.15, -0.1) is 0 Å². The van der Waals surface area contributed by atoms with Crippen LogP contribution in [-0.2, 0) is 11.2 Å². The average Bonchev–Trinajstić information content (AvgIpc) is 2.85. The molecule has 1 amide bonds. The van der Waals surface area contributed by atoms with Crippen LogP contribution in [0, 0.1) is 12.8 Å². The molecule has 5 nitrogen and oxygen atoms in total. The normalized spacial score (nSPS) is 24.2. The fraction of sp³-hybridized carbons (Fsp3) is 0.500. The third-order valence-corrected chi connectivity index (χ3v) is 5.23. The van der Waals surface area contributed by atoms with Crippen molar-refractivity contribution in [3.8, 4) is 0 Å². The molecule has 0 radical (unpaired) electrons. The lowest BCUT2D eigenvalue weighted by Crippen LogP contribution is -2.44. The van der Waals surface area contributed by atoms with Gasteiger partial charge < -0.3 is 21.1 Å². The summed E-state index contributed by atoms with van der Waals surface area (Å²) >= 11 is 6.09. The van der Waals surface area contributed by atoms with E-state index in [1.54, 1.807) is 0 Å². The van der Waals surface area contributed by atoms with Gasteiger partial charge in [0.05, 0.1) is 6.10 Å². The van der Waals surface area contributed by atoms with Gasteiger partial charge in [-0.3, -0.25) is 4.79 Å². The number of hydrogen-bond acceptors (Lipinski definition) is 3. The third kappa shape index (κ3) is 3.58. The molecule has 130 valence electrons. The maximum Gasteiger partial charge on any atom is 0.223 e. The topological polar surface area (TPSA) is 91.1 Å². The Hall–Kier alpha value is -1.56. The molecule has 5 N–H and O–H groups in total. The van der Waals surface area contributed by atoms with Gasteiger partial charge in [0.1, 0.15) is 0 Å². The van der Waals surface area contributed by atoms with E-state index in [0.29, 0.717) is 24.4 Å². The van der Waals surface area contributed by atoms with Crippen molar-refractivity contribution < 1.29 is 9.90 Å². The van der Waals surface area contributed by atoms with E-state index in [9.17, 15) is 9.90 Å². The summed E-state index contributed by atoms with van der Waals surface area (Å²) < 4.78 is 0. The molecule has 0 unspecified atom stereocenters. The van der Waals surface area contributed by atoms with E-state index in [1.807, 2.05) is 25.1 Å². The summed E-state index contributed by atoms with van der Waals surface area (Å²) in [6.07, 6.45) is 2.06. The number of H-pyrrole nitrogens is 1. The number of aryl methyl sites for hydroxylation is 1. The van der Waals surface area contributed by atoms with Crippen LogP contribution in [0.3, 0.4) is 0 Å². The SMILES string of the molecule is Cc1[nH]c2ccc(Cl)cc2c1CCNC(=O)[C@H]1CC[C@@H](N)[C@H](O)C1. The summed E-state index contributed by atoms with van der Waals surface area (Å²) in [5, 5.41) is 14.6. The van der Waals surface area contributed by atoms with Crippen LogP contribution in [0.1, 0.15) is 30.5 Å². The van der Waals surface area contributed by atoms with Crippen LogP contribution >= 0.6 is 11.6 Å². The summed E-state index contributed by atoms with van der Waals surface area (Å²) in [6.45, 7) is 2.60. The van der Waals surface area contributed by atoms with E-state index in [4.69, 9.17) is 17.3 Å². The summed E-state index contributed by atoms with van der Waals surface area (Å²) in [5.74, 6) is -0.130. The molecule has 1 aliphatic rings. The summed E-state index contributed by atoms with van der Waals surface area (Å²) in [7, 11) is 0. The molecule has 1 fully saturated rings. The largest absolute Gasteiger partial charge is 0.391 e.